The van der Waals surface area contributed by atoms with Gasteiger partial charge in [-0.15, -0.1) is 5.10 Å². The second kappa shape index (κ2) is 5.36. The summed E-state index contributed by atoms with van der Waals surface area (Å²) in [6, 6.07) is 9.96. The van der Waals surface area contributed by atoms with E-state index in [0.29, 0.717) is 11.5 Å². The summed E-state index contributed by atoms with van der Waals surface area (Å²) in [5, 5.41) is 8.49. The summed E-state index contributed by atoms with van der Waals surface area (Å²) in [7, 11) is 0. The van der Waals surface area contributed by atoms with E-state index in [1.54, 1.807) is 17.1 Å². The van der Waals surface area contributed by atoms with Gasteiger partial charge in [0.15, 0.2) is 5.82 Å². The first kappa shape index (κ1) is 13.3. The SMILES string of the molecule is CCc1cccc(C)c1-n1nnc(-c2ccncc2)c1N. The maximum atomic E-state index is 6.28. The third-order valence-corrected chi connectivity index (χ3v) is 3.57. The fourth-order valence-corrected chi connectivity index (χ4v) is 2.48. The summed E-state index contributed by atoms with van der Waals surface area (Å²) in [6.45, 7) is 4.18. The summed E-state index contributed by atoms with van der Waals surface area (Å²) in [6.07, 6.45) is 4.36. The Labute approximate surface area is 123 Å². The molecule has 2 N–H and O–H groups in total. The number of para-hydroxylation sites is 1. The Bertz CT molecular complexity index is 762. The number of benzene rings is 1. The molecule has 2 heterocycles. The topological polar surface area (TPSA) is 69.6 Å². The summed E-state index contributed by atoms with van der Waals surface area (Å²) < 4.78 is 1.73. The lowest BCUT2D eigenvalue weighted by Gasteiger charge is -2.12. The third-order valence-electron chi connectivity index (χ3n) is 3.57. The molecule has 21 heavy (non-hydrogen) atoms. The summed E-state index contributed by atoms with van der Waals surface area (Å²) in [5.41, 5.74) is 11.2. The maximum Gasteiger partial charge on any atom is 0.155 e. The first-order chi connectivity index (χ1) is 10.2. The number of aryl methyl sites for hydroxylation is 2. The van der Waals surface area contributed by atoms with Gasteiger partial charge in [0.2, 0.25) is 0 Å². The first-order valence-electron chi connectivity index (χ1n) is 6.92. The van der Waals surface area contributed by atoms with Crippen molar-refractivity contribution in [1.82, 2.24) is 20.0 Å². The van der Waals surface area contributed by atoms with Gasteiger partial charge in [-0.3, -0.25) is 4.98 Å². The summed E-state index contributed by atoms with van der Waals surface area (Å²) >= 11 is 0. The molecule has 0 aliphatic carbocycles. The van der Waals surface area contributed by atoms with Crippen LogP contribution < -0.4 is 5.73 Å². The first-order valence-corrected chi connectivity index (χ1v) is 6.92. The molecule has 0 fully saturated rings. The zero-order valence-corrected chi connectivity index (χ0v) is 12.1. The van der Waals surface area contributed by atoms with Crippen molar-refractivity contribution < 1.29 is 0 Å². The van der Waals surface area contributed by atoms with Crippen molar-refractivity contribution in [2.24, 2.45) is 0 Å². The lowest BCUT2D eigenvalue weighted by molar-refractivity contribution is 0.795. The molecule has 2 aromatic heterocycles. The Hall–Kier alpha value is -2.69. The van der Waals surface area contributed by atoms with Crippen LogP contribution in [0.1, 0.15) is 18.1 Å². The standard InChI is InChI=1S/C16H17N5/c1-3-12-6-4-5-11(2)15(12)21-16(17)14(19-20-21)13-7-9-18-10-8-13/h4-10H,3,17H2,1-2H3. The fraction of sp³-hybridized carbons (Fsp3) is 0.188. The molecule has 0 aliphatic rings. The van der Waals surface area contributed by atoms with Crippen LogP contribution >= 0.6 is 0 Å². The molecule has 0 spiro atoms. The number of pyridine rings is 1. The molecule has 0 atom stereocenters. The molecule has 0 radical (unpaired) electrons. The highest BCUT2D eigenvalue weighted by Gasteiger charge is 2.16. The van der Waals surface area contributed by atoms with E-state index in [1.807, 2.05) is 12.1 Å². The number of nitrogens with two attached hydrogens (primary N) is 1. The molecule has 1 aromatic carbocycles. The number of hydrogen-bond donors (Lipinski definition) is 1. The lowest BCUT2D eigenvalue weighted by Crippen LogP contribution is -2.07. The van der Waals surface area contributed by atoms with Gasteiger partial charge in [0.1, 0.15) is 5.69 Å². The second-order valence-corrected chi connectivity index (χ2v) is 4.91. The Kier molecular flexibility index (Phi) is 3.39. The molecular formula is C16H17N5. The van der Waals surface area contributed by atoms with Crippen molar-refractivity contribution >= 4 is 5.82 Å². The highest BCUT2D eigenvalue weighted by Crippen LogP contribution is 2.27. The molecule has 0 bridgehead atoms. The fourth-order valence-electron chi connectivity index (χ4n) is 2.48. The van der Waals surface area contributed by atoms with Crippen LogP contribution in [-0.4, -0.2) is 20.0 Å². The lowest BCUT2D eigenvalue weighted by atomic mass is 10.1. The van der Waals surface area contributed by atoms with Crippen LogP contribution in [0.4, 0.5) is 5.82 Å². The minimum atomic E-state index is 0.546. The molecule has 0 saturated heterocycles. The highest BCUT2D eigenvalue weighted by atomic mass is 15.5. The quantitative estimate of drug-likeness (QED) is 0.800. The van der Waals surface area contributed by atoms with Gasteiger partial charge in [-0.25, -0.2) is 0 Å². The number of anilines is 1. The molecule has 106 valence electrons. The third kappa shape index (κ3) is 2.27. The Balaban J connectivity index is 2.17. The van der Waals surface area contributed by atoms with Crippen molar-refractivity contribution in [3.8, 4) is 16.9 Å². The van der Waals surface area contributed by atoms with Gasteiger partial charge in [-0.2, -0.15) is 4.68 Å². The smallest absolute Gasteiger partial charge is 0.155 e. The van der Waals surface area contributed by atoms with Crippen molar-refractivity contribution in [2.45, 2.75) is 20.3 Å². The van der Waals surface area contributed by atoms with Crippen LogP contribution in [0.5, 0.6) is 0 Å². The Morgan fingerprint density at radius 2 is 1.90 bits per heavy atom. The molecule has 0 unspecified atom stereocenters. The average Bonchev–Trinajstić information content (AvgIpc) is 2.89. The van der Waals surface area contributed by atoms with Gasteiger partial charge < -0.3 is 5.73 Å². The molecule has 3 rings (SSSR count). The van der Waals surface area contributed by atoms with Crippen LogP contribution in [-0.2, 0) is 6.42 Å². The minimum Gasteiger partial charge on any atom is -0.382 e. The van der Waals surface area contributed by atoms with Crippen molar-refractivity contribution in [3.05, 3.63) is 53.9 Å². The number of aromatic nitrogens is 4. The van der Waals surface area contributed by atoms with Crippen LogP contribution in [0.2, 0.25) is 0 Å². The van der Waals surface area contributed by atoms with Gasteiger partial charge in [0.05, 0.1) is 5.69 Å². The molecule has 5 heteroatoms. The van der Waals surface area contributed by atoms with E-state index >= 15 is 0 Å². The van der Waals surface area contributed by atoms with Crippen molar-refractivity contribution in [2.75, 3.05) is 5.73 Å². The second-order valence-electron chi connectivity index (χ2n) is 4.91. The van der Waals surface area contributed by atoms with Crippen molar-refractivity contribution in [1.29, 1.82) is 0 Å². The van der Waals surface area contributed by atoms with Crippen LogP contribution in [0.25, 0.3) is 16.9 Å². The minimum absolute atomic E-state index is 0.546. The van der Waals surface area contributed by atoms with Gasteiger partial charge in [-0.05, 0) is 36.6 Å². The summed E-state index contributed by atoms with van der Waals surface area (Å²) in [4.78, 5) is 4.01. The zero-order valence-electron chi connectivity index (χ0n) is 12.1. The Morgan fingerprint density at radius 1 is 1.14 bits per heavy atom. The number of nitrogens with zero attached hydrogens (tertiary/aromatic N) is 4. The van der Waals surface area contributed by atoms with Crippen molar-refractivity contribution in [3.63, 3.8) is 0 Å². The molecule has 3 aromatic rings. The largest absolute Gasteiger partial charge is 0.382 e. The number of nitrogen functional groups attached to an aromatic ring is 1. The molecule has 0 amide bonds. The van der Waals surface area contributed by atoms with Crippen LogP contribution in [0.15, 0.2) is 42.7 Å². The number of rotatable bonds is 3. The maximum absolute atomic E-state index is 6.28. The van der Waals surface area contributed by atoms with E-state index in [9.17, 15) is 0 Å². The van der Waals surface area contributed by atoms with E-state index in [4.69, 9.17) is 5.73 Å². The highest BCUT2D eigenvalue weighted by molar-refractivity contribution is 5.71. The number of hydrogen-bond acceptors (Lipinski definition) is 4. The monoisotopic (exact) mass is 279 g/mol. The van der Waals surface area contributed by atoms with E-state index in [2.05, 4.69) is 47.3 Å². The molecule has 5 nitrogen and oxygen atoms in total. The molecule has 0 saturated carbocycles. The van der Waals surface area contributed by atoms with Gasteiger partial charge in [0.25, 0.3) is 0 Å². The van der Waals surface area contributed by atoms with E-state index in [0.717, 1.165) is 23.2 Å². The van der Waals surface area contributed by atoms with Crippen LogP contribution in [0.3, 0.4) is 0 Å². The predicted octanol–water partition coefficient (Wildman–Crippen LogP) is 2.78. The average molecular weight is 279 g/mol. The zero-order chi connectivity index (χ0) is 14.8. The van der Waals surface area contributed by atoms with Gasteiger partial charge in [-0.1, -0.05) is 30.3 Å². The van der Waals surface area contributed by atoms with E-state index in [1.165, 1.54) is 5.56 Å². The Morgan fingerprint density at radius 3 is 2.62 bits per heavy atom. The van der Waals surface area contributed by atoms with Gasteiger partial charge in [0, 0.05) is 18.0 Å². The van der Waals surface area contributed by atoms with Crippen LogP contribution in [0, 0.1) is 6.92 Å². The van der Waals surface area contributed by atoms with E-state index < -0.39 is 0 Å². The molecular weight excluding hydrogens is 262 g/mol. The normalized spacial score (nSPS) is 10.8. The summed E-state index contributed by atoms with van der Waals surface area (Å²) in [5.74, 6) is 0.546. The van der Waals surface area contributed by atoms with Gasteiger partial charge >= 0.3 is 0 Å². The molecule has 0 aliphatic heterocycles. The predicted molar refractivity (Wildman–Crippen MR) is 83.1 cm³/mol. The van der Waals surface area contributed by atoms with E-state index in [-0.39, 0.29) is 0 Å².